The first-order valence-corrected chi connectivity index (χ1v) is 5.42. The maximum atomic E-state index is 5.41. The summed E-state index contributed by atoms with van der Waals surface area (Å²) in [5.74, 6) is 0. The molecule has 15 heavy (non-hydrogen) atoms. The molecule has 2 rings (SSSR count). The van der Waals surface area contributed by atoms with Gasteiger partial charge in [0.25, 0.3) is 0 Å². The van der Waals surface area contributed by atoms with Crippen LogP contribution in [0.4, 0.5) is 0 Å². The standard InChI is InChI=1S/C11H13NO.C2H6/c1-11(2,3)8-4-6-12-9-5-7-13-10(8)9;1-2/h4-7H,1-3H3;1-2H3. The van der Waals surface area contributed by atoms with E-state index in [2.05, 4.69) is 25.8 Å². The summed E-state index contributed by atoms with van der Waals surface area (Å²) >= 11 is 0. The molecule has 0 amide bonds. The molecule has 2 aromatic heterocycles. The first-order chi connectivity index (χ1) is 7.09. The van der Waals surface area contributed by atoms with Gasteiger partial charge in [0, 0.05) is 17.8 Å². The zero-order valence-electron chi connectivity index (χ0n) is 10.2. The number of hydrogen-bond acceptors (Lipinski definition) is 2. The molecule has 0 fully saturated rings. The number of furan rings is 1. The summed E-state index contributed by atoms with van der Waals surface area (Å²) in [4.78, 5) is 4.22. The molecule has 0 saturated heterocycles. The molecule has 2 heterocycles. The van der Waals surface area contributed by atoms with Crippen LogP contribution in [-0.2, 0) is 5.41 Å². The predicted octanol–water partition coefficient (Wildman–Crippen LogP) is 4.15. The number of aromatic nitrogens is 1. The smallest absolute Gasteiger partial charge is 0.155 e. The van der Waals surface area contributed by atoms with Gasteiger partial charge in [-0.2, -0.15) is 0 Å². The van der Waals surface area contributed by atoms with Crippen LogP contribution >= 0.6 is 0 Å². The van der Waals surface area contributed by atoms with E-state index in [-0.39, 0.29) is 5.41 Å². The van der Waals surface area contributed by atoms with Crippen molar-refractivity contribution in [2.24, 2.45) is 0 Å². The fourth-order valence-corrected chi connectivity index (χ4v) is 1.46. The SMILES string of the molecule is CC.CC(C)(C)c1ccnc2ccoc12. The van der Waals surface area contributed by atoms with Crippen LogP contribution in [0.1, 0.15) is 40.2 Å². The van der Waals surface area contributed by atoms with Gasteiger partial charge in [-0.15, -0.1) is 0 Å². The second kappa shape index (κ2) is 4.47. The van der Waals surface area contributed by atoms with Crippen LogP contribution in [0.15, 0.2) is 29.0 Å². The second-order valence-electron chi connectivity index (χ2n) is 4.24. The predicted molar refractivity (Wildman–Crippen MR) is 64.1 cm³/mol. The Bertz CT molecular complexity index is 423. The molecule has 0 aromatic carbocycles. The molecule has 2 aromatic rings. The highest BCUT2D eigenvalue weighted by molar-refractivity contribution is 5.76. The molecule has 0 unspecified atom stereocenters. The van der Waals surface area contributed by atoms with Crippen molar-refractivity contribution in [3.63, 3.8) is 0 Å². The maximum absolute atomic E-state index is 5.41. The molecule has 0 spiro atoms. The number of rotatable bonds is 0. The van der Waals surface area contributed by atoms with Crippen molar-refractivity contribution in [3.8, 4) is 0 Å². The zero-order valence-corrected chi connectivity index (χ0v) is 10.2. The minimum Gasteiger partial charge on any atom is -0.462 e. The summed E-state index contributed by atoms with van der Waals surface area (Å²) in [5.41, 5.74) is 3.17. The van der Waals surface area contributed by atoms with E-state index < -0.39 is 0 Å². The van der Waals surface area contributed by atoms with Gasteiger partial charge in [-0.25, -0.2) is 0 Å². The van der Waals surface area contributed by atoms with E-state index >= 15 is 0 Å². The van der Waals surface area contributed by atoms with Crippen LogP contribution in [0.5, 0.6) is 0 Å². The van der Waals surface area contributed by atoms with Gasteiger partial charge >= 0.3 is 0 Å². The number of fused-ring (bicyclic) bond motifs is 1. The highest BCUT2D eigenvalue weighted by atomic mass is 16.3. The lowest BCUT2D eigenvalue weighted by molar-refractivity contribution is 0.558. The molecular weight excluding hydrogens is 186 g/mol. The highest BCUT2D eigenvalue weighted by Gasteiger charge is 2.18. The summed E-state index contributed by atoms with van der Waals surface area (Å²) in [6.07, 6.45) is 3.52. The Morgan fingerprint density at radius 3 is 2.40 bits per heavy atom. The fraction of sp³-hybridized carbons (Fsp3) is 0.462. The Hall–Kier alpha value is -1.31. The van der Waals surface area contributed by atoms with E-state index in [1.54, 1.807) is 6.26 Å². The summed E-state index contributed by atoms with van der Waals surface area (Å²) in [5, 5.41) is 0. The maximum Gasteiger partial charge on any atom is 0.155 e. The van der Waals surface area contributed by atoms with Crippen LogP contribution < -0.4 is 0 Å². The van der Waals surface area contributed by atoms with Gasteiger partial charge in [-0.05, 0) is 11.5 Å². The molecule has 2 nitrogen and oxygen atoms in total. The second-order valence-corrected chi connectivity index (χ2v) is 4.24. The van der Waals surface area contributed by atoms with Crippen molar-refractivity contribution in [2.75, 3.05) is 0 Å². The Labute approximate surface area is 91.3 Å². The van der Waals surface area contributed by atoms with Crippen molar-refractivity contribution in [3.05, 3.63) is 30.2 Å². The van der Waals surface area contributed by atoms with Crippen LogP contribution in [0.3, 0.4) is 0 Å². The van der Waals surface area contributed by atoms with Gasteiger partial charge in [0.15, 0.2) is 5.58 Å². The minimum atomic E-state index is 0.110. The van der Waals surface area contributed by atoms with E-state index in [1.807, 2.05) is 32.2 Å². The molecule has 82 valence electrons. The Kier molecular flexibility index (Phi) is 3.51. The van der Waals surface area contributed by atoms with E-state index in [9.17, 15) is 0 Å². The first kappa shape index (κ1) is 11.8. The molecule has 0 aliphatic heterocycles. The highest BCUT2D eigenvalue weighted by Crippen LogP contribution is 2.28. The average molecular weight is 205 g/mol. The van der Waals surface area contributed by atoms with E-state index in [1.165, 1.54) is 5.56 Å². The third-order valence-corrected chi connectivity index (χ3v) is 2.15. The third kappa shape index (κ3) is 2.38. The first-order valence-electron chi connectivity index (χ1n) is 5.42. The lowest BCUT2D eigenvalue weighted by Gasteiger charge is -2.18. The normalized spacial score (nSPS) is 11.0. The summed E-state index contributed by atoms with van der Waals surface area (Å²) < 4.78 is 5.41. The monoisotopic (exact) mass is 205 g/mol. The Morgan fingerprint density at radius 2 is 1.80 bits per heavy atom. The van der Waals surface area contributed by atoms with Crippen molar-refractivity contribution < 1.29 is 4.42 Å². The van der Waals surface area contributed by atoms with Gasteiger partial charge in [-0.1, -0.05) is 34.6 Å². The Balaban J connectivity index is 0.000000531. The summed E-state index contributed by atoms with van der Waals surface area (Å²) in [6, 6.07) is 3.91. The summed E-state index contributed by atoms with van der Waals surface area (Å²) in [7, 11) is 0. The lowest BCUT2D eigenvalue weighted by atomic mass is 9.87. The zero-order chi connectivity index (χ0) is 11.5. The van der Waals surface area contributed by atoms with Crippen molar-refractivity contribution in [2.45, 2.75) is 40.0 Å². The van der Waals surface area contributed by atoms with Gasteiger partial charge in [-0.3, -0.25) is 4.98 Å². The van der Waals surface area contributed by atoms with Crippen LogP contribution in [-0.4, -0.2) is 4.98 Å². The number of nitrogens with zero attached hydrogens (tertiary/aromatic N) is 1. The average Bonchev–Trinajstić information content (AvgIpc) is 2.66. The molecule has 0 atom stereocenters. The molecule has 0 bridgehead atoms. The van der Waals surface area contributed by atoms with Gasteiger partial charge < -0.3 is 4.42 Å². The van der Waals surface area contributed by atoms with Crippen LogP contribution in [0, 0.1) is 0 Å². The van der Waals surface area contributed by atoms with Crippen LogP contribution in [0.25, 0.3) is 11.1 Å². The minimum absolute atomic E-state index is 0.110. The largest absolute Gasteiger partial charge is 0.462 e. The molecule has 0 radical (unpaired) electrons. The molecule has 0 aliphatic carbocycles. The van der Waals surface area contributed by atoms with Crippen molar-refractivity contribution in [1.29, 1.82) is 0 Å². The van der Waals surface area contributed by atoms with Crippen molar-refractivity contribution >= 4 is 11.1 Å². The summed E-state index contributed by atoms with van der Waals surface area (Å²) in [6.45, 7) is 10.5. The van der Waals surface area contributed by atoms with Gasteiger partial charge in [0.2, 0.25) is 0 Å². The Morgan fingerprint density at radius 1 is 1.13 bits per heavy atom. The molecule has 0 aliphatic rings. The topological polar surface area (TPSA) is 26.0 Å². The van der Waals surface area contributed by atoms with E-state index in [0.29, 0.717) is 0 Å². The van der Waals surface area contributed by atoms with E-state index in [0.717, 1.165) is 11.1 Å². The fourth-order valence-electron chi connectivity index (χ4n) is 1.46. The number of hydrogen-bond donors (Lipinski definition) is 0. The van der Waals surface area contributed by atoms with Gasteiger partial charge in [0.05, 0.1) is 6.26 Å². The quantitative estimate of drug-likeness (QED) is 0.645. The molecule has 0 saturated carbocycles. The van der Waals surface area contributed by atoms with Crippen molar-refractivity contribution in [1.82, 2.24) is 4.98 Å². The van der Waals surface area contributed by atoms with Gasteiger partial charge in [0.1, 0.15) is 5.52 Å². The molecule has 2 heteroatoms. The number of pyridine rings is 1. The van der Waals surface area contributed by atoms with E-state index in [4.69, 9.17) is 4.42 Å². The molecule has 0 N–H and O–H groups in total. The lowest BCUT2D eigenvalue weighted by Crippen LogP contribution is -2.11. The molecular formula is C13H19NO. The third-order valence-electron chi connectivity index (χ3n) is 2.15. The van der Waals surface area contributed by atoms with Crippen LogP contribution in [0.2, 0.25) is 0 Å².